The van der Waals surface area contributed by atoms with E-state index >= 15 is 0 Å². The Morgan fingerprint density at radius 1 is 1.41 bits per heavy atom. The number of anilines is 1. The van der Waals surface area contributed by atoms with Crippen molar-refractivity contribution < 1.29 is 4.74 Å². The van der Waals surface area contributed by atoms with Crippen LogP contribution in [0.3, 0.4) is 0 Å². The van der Waals surface area contributed by atoms with Crippen LogP contribution in [0.15, 0.2) is 23.2 Å². The van der Waals surface area contributed by atoms with Crippen LogP contribution in [-0.4, -0.2) is 43.7 Å². The fourth-order valence-electron chi connectivity index (χ4n) is 3.27. The molecular weight excluding hydrogens is 521 g/mol. The molecular formula is C20H29ClIN5OS. The molecule has 1 aliphatic rings. The third-order valence-corrected chi connectivity index (χ3v) is 6.09. The van der Waals surface area contributed by atoms with Gasteiger partial charge in [0.05, 0.1) is 25.0 Å². The Morgan fingerprint density at radius 2 is 2.21 bits per heavy atom. The topological polar surface area (TPSA) is 61.8 Å². The molecule has 1 atom stereocenters. The summed E-state index contributed by atoms with van der Waals surface area (Å²) in [5.74, 6) is 1.68. The van der Waals surface area contributed by atoms with E-state index in [0.29, 0.717) is 12.6 Å². The van der Waals surface area contributed by atoms with Gasteiger partial charge in [0.25, 0.3) is 0 Å². The number of hydrogen-bond donors (Lipinski definition) is 2. The SMILES string of the molecule is CCNC(=NCc1nc(C)c(C)s1)NC1CCN(c2cc(Cl)ccc2OC)C1.I. The van der Waals surface area contributed by atoms with Gasteiger partial charge >= 0.3 is 0 Å². The van der Waals surface area contributed by atoms with Crippen molar-refractivity contribution in [3.8, 4) is 5.75 Å². The minimum absolute atomic E-state index is 0. The predicted molar refractivity (Wildman–Crippen MR) is 134 cm³/mol. The second-order valence-electron chi connectivity index (χ2n) is 6.84. The van der Waals surface area contributed by atoms with E-state index in [2.05, 4.69) is 34.4 Å². The summed E-state index contributed by atoms with van der Waals surface area (Å²) in [7, 11) is 1.69. The fraction of sp³-hybridized carbons (Fsp3) is 0.500. The number of aliphatic imine (C=N–C) groups is 1. The third kappa shape index (κ3) is 6.36. The molecule has 9 heteroatoms. The Hall–Kier alpha value is -1.26. The molecule has 3 rings (SSSR count). The molecule has 2 aromatic rings. The number of guanidine groups is 1. The number of rotatable bonds is 6. The minimum Gasteiger partial charge on any atom is -0.495 e. The van der Waals surface area contributed by atoms with Crippen LogP contribution >= 0.6 is 46.9 Å². The van der Waals surface area contributed by atoms with E-state index in [1.807, 2.05) is 25.1 Å². The predicted octanol–water partition coefficient (Wildman–Crippen LogP) is 4.37. The summed E-state index contributed by atoms with van der Waals surface area (Å²) < 4.78 is 5.50. The van der Waals surface area contributed by atoms with Gasteiger partial charge in [0.1, 0.15) is 10.8 Å². The zero-order valence-corrected chi connectivity index (χ0v) is 21.2. The first-order valence-electron chi connectivity index (χ1n) is 9.56. The number of nitrogens with one attached hydrogen (secondary N) is 2. The standard InChI is InChI=1S/C20H28ClN5OS.HI/c1-5-22-20(23-11-19-24-13(2)14(3)28-19)25-16-8-9-26(12-16)17-10-15(21)6-7-18(17)27-4;/h6-7,10,16H,5,8-9,11-12H2,1-4H3,(H2,22,23,25);1H. The van der Waals surface area contributed by atoms with Crippen LogP contribution in [0.1, 0.15) is 28.9 Å². The molecule has 1 fully saturated rings. The number of methoxy groups -OCH3 is 1. The Balaban J connectivity index is 0.00000300. The van der Waals surface area contributed by atoms with Crippen molar-refractivity contribution >= 4 is 58.6 Å². The number of benzene rings is 1. The number of aromatic nitrogens is 1. The summed E-state index contributed by atoms with van der Waals surface area (Å²) in [5.41, 5.74) is 2.13. The molecule has 0 amide bonds. The quantitative estimate of drug-likeness (QED) is 0.318. The molecule has 0 spiro atoms. The average molecular weight is 550 g/mol. The molecule has 2 heterocycles. The van der Waals surface area contributed by atoms with E-state index in [4.69, 9.17) is 21.3 Å². The van der Waals surface area contributed by atoms with Gasteiger partial charge in [-0.1, -0.05) is 11.6 Å². The van der Waals surface area contributed by atoms with Crippen molar-refractivity contribution in [1.82, 2.24) is 15.6 Å². The van der Waals surface area contributed by atoms with E-state index in [0.717, 1.165) is 59.2 Å². The largest absolute Gasteiger partial charge is 0.495 e. The smallest absolute Gasteiger partial charge is 0.191 e. The molecule has 0 saturated carbocycles. The van der Waals surface area contributed by atoms with E-state index < -0.39 is 0 Å². The van der Waals surface area contributed by atoms with E-state index in [1.165, 1.54) is 4.88 Å². The first kappa shape index (κ1) is 24.0. The van der Waals surface area contributed by atoms with Crippen molar-refractivity contribution in [2.45, 2.75) is 39.8 Å². The number of hydrogen-bond acceptors (Lipinski definition) is 5. The summed E-state index contributed by atoms with van der Waals surface area (Å²) in [4.78, 5) is 12.9. The molecule has 2 N–H and O–H groups in total. The van der Waals surface area contributed by atoms with Gasteiger partial charge in [-0.2, -0.15) is 0 Å². The van der Waals surface area contributed by atoms with Crippen LogP contribution in [0, 0.1) is 13.8 Å². The monoisotopic (exact) mass is 549 g/mol. The highest BCUT2D eigenvalue weighted by atomic mass is 127. The Morgan fingerprint density at radius 3 is 2.86 bits per heavy atom. The molecule has 1 aromatic carbocycles. The normalized spacial score (nSPS) is 16.5. The van der Waals surface area contributed by atoms with Crippen LogP contribution in [0.4, 0.5) is 5.69 Å². The average Bonchev–Trinajstić information content (AvgIpc) is 3.26. The highest BCUT2D eigenvalue weighted by Gasteiger charge is 2.25. The van der Waals surface area contributed by atoms with Gasteiger partial charge < -0.3 is 20.3 Å². The highest BCUT2D eigenvalue weighted by molar-refractivity contribution is 14.0. The first-order valence-corrected chi connectivity index (χ1v) is 10.8. The van der Waals surface area contributed by atoms with Gasteiger partial charge in [0.15, 0.2) is 5.96 Å². The third-order valence-electron chi connectivity index (χ3n) is 4.80. The van der Waals surface area contributed by atoms with E-state index in [1.54, 1.807) is 18.4 Å². The molecule has 1 aliphatic heterocycles. The number of ether oxygens (including phenoxy) is 1. The lowest BCUT2D eigenvalue weighted by molar-refractivity contribution is 0.415. The summed E-state index contributed by atoms with van der Waals surface area (Å²) in [5, 5.41) is 8.66. The minimum atomic E-state index is 0. The van der Waals surface area contributed by atoms with Crippen molar-refractivity contribution in [2.75, 3.05) is 31.6 Å². The van der Waals surface area contributed by atoms with Crippen LogP contribution < -0.4 is 20.3 Å². The summed E-state index contributed by atoms with van der Waals surface area (Å²) >= 11 is 7.91. The van der Waals surface area contributed by atoms with Crippen molar-refractivity contribution in [2.24, 2.45) is 4.99 Å². The van der Waals surface area contributed by atoms with Crippen LogP contribution in [0.25, 0.3) is 0 Å². The molecule has 1 aromatic heterocycles. The maximum Gasteiger partial charge on any atom is 0.191 e. The van der Waals surface area contributed by atoms with Crippen LogP contribution in [-0.2, 0) is 6.54 Å². The van der Waals surface area contributed by atoms with Crippen LogP contribution in [0.2, 0.25) is 5.02 Å². The Labute approximate surface area is 199 Å². The summed E-state index contributed by atoms with van der Waals surface area (Å²) in [6, 6.07) is 6.05. The Bertz CT molecular complexity index is 825. The molecule has 29 heavy (non-hydrogen) atoms. The Kier molecular flexibility index (Phi) is 9.29. The van der Waals surface area contributed by atoms with Crippen molar-refractivity contribution in [3.05, 3.63) is 38.8 Å². The number of halogens is 2. The second-order valence-corrected chi connectivity index (χ2v) is 8.56. The second kappa shape index (κ2) is 11.2. The molecule has 0 radical (unpaired) electrons. The molecule has 6 nitrogen and oxygen atoms in total. The zero-order valence-electron chi connectivity index (χ0n) is 17.3. The van der Waals surface area contributed by atoms with Gasteiger partial charge in [-0.05, 0) is 45.4 Å². The molecule has 0 aliphatic carbocycles. The lowest BCUT2D eigenvalue weighted by Crippen LogP contribution is -2.44. The first-order chi connectivity index (χ1) is 13.5. The number of nitrogens with zero attached hydrogens (tertiary/aromatic N) is 3. The molecule has 160 valence electrons. The van der Waals surface area contributed by atoms with Crippen LogP contribution in [0.5, 0.6) is 5.75 Å². The summed E-state index contributed by atoms with van der Waals surface area (Å²) in [6.45, 7) is 9.44. The van der Waals surface area contributed by atoms with Gasteiger partial charge in [-0.25, -0.2) is 9.98 Å². The number of thiazole rings is 1. The zero-order chi connectivity index (χ0) is 20.1. The summed E-state index contributed by atoms with van der Waals surface area (Å²) in [6.07, 6.45) is 1.02. The lowest BCUT2D eigenvalue weighted by Gasteiger charge is -2.22. The van der Waals surface area contributed by atoms with Gasteiger partial charge in [-0.3, -0.25) is 0 Å². The molecule has 1 unspecified atom stereocenters. The van der Waals surface area contributed by atoms with Gasteiger partial charge in [0, 0.05) is 35.6 Å². The van der Waals surface area contributed by atoms with Gasteiger partial charge in [0.2, 0.25) is 0 Å². The maximum absolute atomic E-state index is 6.19. The fourth-order valence-corrected chi connectivity index (χ4v) is 4.30. The number of aryl methyl sites for hydroxylation is 2. The highest BCUT2D eigenvalue weighted by Crippen LogP contribution is 2.33. The van der Waals surface area contributed by atoms with E-state index in [-0.39, 0.29) is 24.0 Å². The van der Waals surface area contributed by atoms with Gasteiger partial charge in [-0.15, -0.1) is 35.3 Å². The van der Waals surface area contributed by atoms with Crippen molar-refractivity contribution in [3.63, 3.8) is 0 Å². The molecule has 0 bridgehead atoms. The van der Waals surface area contributed by atoms with E-state index in [9.17, 15) is 0 Å². The lowest BCUT2D eigenvalue weighted by atomic mass is 10.2. The van der Waals surface area contributed by atoms with Crippen molar-refractivity contribution in [1.29, 1.82) is 0 Å². The maximum atomic E-state index is 6.19. The molecule has 1 saturated heterocycles.